The Kier molecular flexibility index (Phi) is 5.18. The third-order valence-electron chi connectivity index (χ3n) is 4.30. The van der Waals surface area contributed by atoms with Crippen LogP contribution in [-0.2, 0) is 0 Å². The summed E-state index contributed by atoms with van der Waals surface area (Å²) in [6.07, 6.45) is -1.09. The number of nitrogens with zero attached hydrogens (tertiary/aromatic N) is 3. The van der Waals surface area contributed by atoms with Crippen LogP contribution in [0.4, 0.5) is 13.9 Å². The van der Waals surface area contributed by atoms with E-state index < -0.39 is 12.2 Å². The van der Waals surface area contributed by atoms with Gasteiger partial charge in [-0.25, -0.2) is 18.7 Å². The standard InChI is InChI=1S/C21H16F2N4OS/c1-2-10-27(21-26-17(12-29-21)13-6-4-3-5-7-13)20(28)14-8-9-15-16(11-14)25-19(24-15)18(22)23/h2-9,11-12,18H,1,10H2,(H,24,25). The smallest absolute Gasteiger partial charge is 0.295 e. The van der Waals surface area contributed by atoms with Crippen LogP contribution in [0.5, 0.6) is 0 Å². The fourth-order valence-electron chi connectivity index (χ4n) is 2.93. The van der Waals surface area contributed by atoms with Crippen molar-refractivity contribution in [2.75, 3.05) is 11.4 Å². The molecule has 0 aliphatic rings. The molecule has 1 N–H and O–H groups in total. The van der Waals surface area contributed by atoms with Crippen molar-refractivity contribution in [3.63, 3.8) is 0 Å². The van der Waals surface area contributed by atoms with Crippen LogP contribution in [0, 0.1) is 0 Å². The van der Waals surface area contributed by atoms with Crippen LogP contribution >= 0.6 is 11.3 Å². The number of fused-ring (bicyclic) bond motifs is 1. The number of anilines is 1. The minimum Gasteiger partial charge on any atom is -0.337 e. The number of rotatable bonds is 6. The number of hydrogen-bond acceptors (Lipinski definition) is 4. The maximum atomic E-state index is 13.1. The van der Waals surface area contributed by atoms with Crippen molar-refractivity contribution < 1.29 is 13.6 Å². The van der Waals surface area contributed by atoms with Crippen LogP contribution in [0.15, 0.2) is 66.6 Å². The predicted molar refractivity (Wildman–Crippen MR) is 110 cm³/mol. The zero-order valence-corrected chi connectivity index (χ0v) is 16.0. The first-order valence-electron chi connectivity index (χ1n) is 8.78. The molecule has 0 radical (unpaired) electrons. The molecule has 146 valence electrons. The Balaban J connectivity index is 1.66. The zero-order chi connectivity index (χ0) is 20.4. The van der Waals surface area contributed by atoms with Crippen molar-refractivity contribution in [1.82, 2.24) is 15.0 Å². The van der Waals surface area contributed by atoms with Gasteiger partial charge in [0.1, 0.15) is 0 Å². The molecular formula is C21H16F2N4OS. The van der Waals surface area contributed by atoms with Crippen LogP contribution in [0.25, 0.3) is 22.3 Å². The van der Waals surface area contributed by atoms with E-state index in [0.29, 0.717) is 21.7 Å². The van der Waals surface area contributed by atoms with E-state index >= 15 is 0 Å². The molecule has 0 saturated heterocycles. The fraction of sp³-hybridized carbons (Fsp3) is 0.0952. The number of H-pyrrole nitrogens is 1. The van der Waals surface area contributed by atoms with Gasteiger partial charge >= 0.3 is 0 Å². The lowest BCUT2D eigenvalue weighted by atomic mass is 10.1. The highest BCUT2D eigenvalue weighted by Crippen LogP contribution is 2.29. The van der Waals surface area contributed by atoms with E-state index in [2.05, 4.69) is 21.5 Å². The second-order valence-corrected chi connectivity index (χ2v) is 7.08. The lowest BCUT2D eigenvalue weighted by molar-refractivity contribution is 0.0989. The Labute approximate surface area is 169 Å². The molecule has 4 rings (SSSR count). The van der Waals surface area contributed by atoms with Gasteiger partial charge in [0.2, 0.25) is 0 Å². The molecular weight excluding hydrogens is 394 g/mol. The maximum Gasteiger partial charge on any atom is 0.295 e. The van der Waals surface area contributed by atoms with Gasteiger partial charge < -0.3 is 4.98 Å². The number of nitrogens with one attached hydrogen (secondary N) is 1. The second kappa shape index (κ2) is 7.92. The number of benzene rings is 2. The van der Waals surface area contributed by atoms with Crippen LogP contribution in [-0.4, -0.2) is 27.4 Å². The van der Waals surface area contributed by atoms with Crippen molar-refractivity contribution in [1.29, 1.82) is 0 Å². The Hall–Kier alpha value is -3.39. The first-order valence-corrected chi connectivity index (χ1v) is 9.66. The molecule has 2 aromatic carbocycles. The quantitative estimate of drug-likeness (QED) is 0.430. The average molecular weight is 410 g/mol. The minimum absolute atomic E-state index is 0.268. The van der Waals surface area contributed by atoms with Crippen LogP contribution in [0.2, 0.25) is 0 Å². The summed E-state index contributed by atoms with van der Waals surface area (Å²) in [6.45, 7) is 3.99. The molecule has 0 fully saturated rings. The first-order chi connectivity index (χ1) is 14.1. The van der Waals surface area contributed by atoms with Crippen LogP contribution < -0.4 is 4.90 Å². The molecule has 2 aromatic heterocycles. The number of thiazole rings is 1. The number of aromatic nitrogens is 3. The largest absolute Gasteiger partial charge is 0.337 e. The lowest BCUT2D eigenvalue weighted by Gasteiger charge is -2.18. The van der Waals surface area contributed by atoms with E-state index in [4.69, 9.17) is 0 Å². The summed E-state index contributed by atoms with van der Waals surface area (Å²) < 4.78 is 25.7. The number of aromatic amines is 1. The molecule has 29 heavy (non-hydrogen) atoms. The van der Waals surface area contributed by atoms with Gasteiger partial charge in [-0.3, -0.25) is 9.69 Å². The number of amides is 1. The van der Waals surface area contributed by atoms with Crippen LogP contribution in [0.3, 0.4) is 0 Å². The molecule has 0 aliphatic carbocycles. The molecule has 2 heterocycles. The fourth-order valence-corrected chi connectivity index (χ4v) is 3.77. The Bertz CT molecular complexity index is 1170. The SMILES string of the molecule is C=CCN(C(=O)c1ccc2nc(C(F)F)[nH]c2c1)c1nc(-c2ccccc2)cs1. The van der Waals surface area contributed by atoms with Gasteiger partial charge in [-0.2, -0.15) is 0 Å². The van der Waals surface area contributed by atoms with Crippen molar-refractivity contribution in [2.24, 2.45) is 0 Å². The second-order valence-electron chi connectivity index (χ2n) is 6.24. The normalized spacial score (nSPS) is 11.1. The maximum absolute atomic E-state index is 13.1. The molecule has 0 unspecified atom stereocenters. The summed E-state index contributed by atoms with van der Waals surface area (Å²) in [7, 11) is 0. The number of carbonyl (C=O) groups excluding carboxylic acids is 1. The highest BCUT2D eigenvalue weighted by atomic mass is 32.1. The van der Waals surface area contributed by atoms with Gasteiger partial charge in [-0.05, 0) is 18.2 Å². The monoisotopic (exact) mass is 410 g/mol. The van der Waals surface area contributed by atoms with Gasteiger partial charge in [0.05, 0.1) is 16.7 Å². The minimum atomic E-state index is -2.70. The number of imidazole rings is 1. The molecule has 0 aliphatic heterocycles. The van der Waals surface area contributed by atoms with Gasteiger partial charge in [-0.1, -0.05) is 36.4 Å². The van der Waals surface area contributed by atoms with E-state index in [0.717, 1.165) is 11.3 Å². The number of alkyl halides is 2. The number of halogens is 2. The molecule has 1 amide bonds. The third-order valence-corrected chi connectivity index (χ3v) is 5.17. The summed E-state index contributed by atoms with van der Waals surface area (Å²) in [5.74, 6) is -0.714. The average Bonchev–Trinajstić information content (AvgIpc) is 3.39. The molecule has 4 aromatic rings. The van der Waals surface area contributed by atoms with Crippen molar-refractivity contribution in [3.8, 4) is 11.3 Å². The van der Waals surface area contributed by atoms with Gasteiger partial charge in [0, 0.05) is 23.1 Å². The Morgan fingerprint density at radius 1 is 1.21 bits per heavy atom. The molecule has 0 spiro atoms. The molecule has 0 atom stereocenters. The number of hydrogen-bond donors (Lipinski definition) is 1. The van der Waals surface area contributed by atoms with Crippen molar-refractivity contribution >= 4 is 33.4 Å². The topological polar surface area (TPSA) is 61.9 Å². The van der Waals surface area contributed by atoms with Gasteiger partial charge in [0.15, 0.2) is 11.0 Å². The summed E-state index contributed by atoms with van der Waals surface area (Å²) in [5.41, 5.74) is 2.85. The highest BCUT2D eigenvalue weighted by Gasteiger charge is 2.21. The van der Waals surface area contributed by atoms with E-state index in [1.54, 1.807) is 18.2 Å². The summed E-state index contributed by atoms with van der Waals surface area (Å²) in [5, 5.41) is 2.42. The van der Waals surface area contributed by atoms with Gasteiger partial charge in [-0.15, -0.1) is 17.9 Å². The number of carbonyl (C=O) groups is 1. The third kappa shape index (κ3) is 3.79. The predicted octanol–water partition coefficient (Wildman–Crippen LogP) is 5.46. The Morgan fingerprint density at radius 2 is 2.00 bits per heavy atom. The highest BCUT2D eigenvalue weighted by molar-refractivity contribution is 7.14. The zero-order valence-electron chi connectivity index (χ0n) is 15.2. The van der Waals surface area contributed by atoms with E-state index in [9.17, 15) is 13.6 Å². The summed E-state index contributed by atoms with van der Waals surface area (Å²) in [6, 6.07) is 14.3. The summed E-state index contributed by atoms with van der Waals surface area (Å²) in [4.78, 5) is 25.6. The van der Waals surface area contributed by atoms with Crippen LogP contribution in [0.1, 0.15) is 22.6 Å². The molecule has 5 nitrogen and oxygen atoms in total. The van der Waals surface area contributed by atoms with Crippen molar-refractivity contribution in [3.05, 3.63) is 78.0 Å². The Morgan fingerprint density at radius 3 is 2.72 bits per heavy atom. The molecule has 8 heteroatoms. The van der Waals surface area contributed by atoms with Crippen molar-refractivity contribution in [2.45, 2.75) is 6.43 Å². The summed E-state index contributed by atoms with van der Waals surface area (Å²) >= 11 is 1.35. The van der Waals surface area contributed by atoms with E-state index in [-0.39, 0.29) is 12.5 Å². The lowest BCUT2D eigenvalue weighted by Crippen LogP contribution is -2.30. The molecule has 0 saturated carbocycles. The van der Waals surface area contributed by atoms with Gasteiger partial charge in [0.25, 0.3) is 12.3 Å². The van der Waals surface area contributed by atoms with E-state index in [1.807, 2.05) is 35.7 Å². The van der Waals surface area contributed by atoms with E-state index in [1.165, 1.54) is 22.3 Å². The molecule has 0 bridgehead atoms. The first kappa shape index (κ1) is 18.9.